The Bertz CT molecular complexity index is 666. The number of amides is 1. The quantitative estimate of drug-likeness (QED) is 0.913. The van der Waals surface area contributed by atoms with Gasteiger partial charge >= 0.3 is 0 Å². The third-order valence-electron chi connectivity index (χ3n) is 4.22. The highest BCUT2D eigenvalue weighted by Crippen LogP contribution is 2.27. The van der Waals surface area contributed by atoms with E-state index in [4.69, 9.17) is 0 Å². The fourth-order valence-corrected chi connectivity index (χ4v) is 4.34. The van der Waals surface area contributed by atoms with E-state index in [1.165, 1.54) is 30.5 Å². The van der Waals surface area contributed by atoms with Gasteiger partial charge in [0.1, 0.15) is 0 Å². The van der Waals surface area contributed by atoms with Crippen molar-refractivity contribution in [2.45, 2.75) is 49.8 Å². The number of carbonyl (C=O) groups is 1. The summed E-state index contributed by atoms with van der Waals surface area (Å²) in [7, 11) is -3.24. The van der Waals surface area contributed by atoms with Gasteiger partial charge < -0.3 is 5.32 Å². The summed E-state index contributed by atoms with van der Waals surface area (Å²) in [5.41, 5.74) is 0.0801. The third-order valence-corrected chi connectivity index (χ3v) is 5.89. The zero-order valence-corrected chi connectivity index (χ0v) is 14.0. The van der Waals surface area contributed by atoms with Crippen molar-refractivity contribution in [1.29, 1.82) is 0 Å². The van der Waals surface area contributed by atoms with E-state index in [0.29, 0.717) is 12.8 Å². The van der Waals surface area contributed by atoms with E-state index in [9.17, 15) is 22.0 Å². The van der Waals surface area contributed by atoms with Crippen molar-refractivity contribution in [2.24, 2.45) is 0 Å². The Labute approximate surface area is 135 Å². The van der Waals surface area contributed by atoms with Gasteiger partial charge in [0, 0.05) is 30.3 Å². The molecular weight excluding hydrogens is 324 g/mol. The third kappa shape index (κ3) is 4.50. The minimum Gasteiger partial charge on any atom is -0.348 e. The lowest BCUT2D eigenvalue weighted by molar-refractivity contribution is 0.0174. The number of halogens is 2. The molecule has 1 aromatic carbocycles. The summed E-state index contributed by atoms with van der Waals surface area (Å²) in [5.74, 6) is -3.39. The molecule has 1 fully saturated rings. The summed E-state index contributed by atoms with van der Waals surface area (Å²) in [6, 6.07) is 4.66. The van der Waals surface area contributed by atoms with E-state index in [1.807, 2.05) is 0 Å². The van der Waals surface area contributed by atoms with Gasteiger partial charge in [0.15, 0.2) is 9.84 Å². The lowest BCUT2D eigenvalue weighted by Crippen LogP contribution is -2.48. The van der Waals surface area contributed by atoms with Crippen molar-refractivity contribution in [3.8, 4) is 0 Å². The molecule has 23 heavy (non-hydrogen) atoms. The molecule has 1 aliphatic carbocycles. The summed E-state index contributed by atoms with van der Waals surface area (Å²) in [6.45, 7) is 0.792. The molecule has 1 aliphatic rings. The average molecular weight is 345 g/mol. The van der Waals surface area contributed by atoms with Crippen LogP contribution in [-0.2, 0) is 15.8 Å². The van der Waals surface area contributed by atoms with Crippen LogP contribution in [0.15, 0.2) is 24.3 Å². The van der Waals surface area contributed by atoms with Gasteiger partial charge in [0.2, 0.25) is 0 Å². The molecule has 128 valence electrons. The molecule has 0 bridgehead atoms. The number of hydrogen-bond donors (Lipinski definition) is 1. The molecule has 0 aliphatic heterocycles. The molecule has 0 aromatic heterocycles. The van der Waals surface area contributed by atoms with Crippen LogP contribution in [0, 0.1) is 0 Å². The predicted molar refractivity (Wildman–Crippen MR) is 84.4 cm³/mol. The summed E-state index contributed by atoms with van der Waals surface area (Å²) >= 11 is 0. The Morgan fingerprint density at radius 1 is 1.17 bits per heavy atom. The minimum absolute atomic E-state index is 0.166. The molecule has 1 amide bonds. The molecule has 0 radical (unpaired) electrons. The molecule has 0 heterocycles. The van der Waals surface area contributed by atoms with E-state index in [0.717, 1.165) is 19.8 Å². The van der Waals surface area contributed by atoms with Crippen LogP contribution in [0.5, 0.6) is 0 Å². The van der Waals surface area contributed by atoms with Gasteiger partial charge in [0.05, 0.1) is 5.25 Å². The first-order valence-electron chi connectivity index (χ1n) is 7.57. The van der Waals surface area contributed by atoms with Crippen LogP contribution >= 0.6 is 0 Å². The van der Waals surface area contributed by atoms with E-state index in [-0.39, 0.29) is 11.1 Å². The van der Waals surface area contributed by atoms with Crippen molar-refractivity contribution in [2.75, 3.05) is 6.26 Å². The summed E-state index contributed by atoms with van der Waals surface area (Å²) in [5, 5.41) is 2.16. The summed E-state index contributed by atoms with van der Waals surface area (Å²) in [6.07, 6.45) is 4.00. The second-order valence-electron chi connectivity index (χ2n) is 6.20. The first-order valence-corrected chi connectivity index (χ1v) is 9.52. The summed E-state index contributed by atoms with van der Waals surface area (Å²) < 4.78 is 50.0. The van der Waals surface area contributed by atoms with Gasteiger partial charge in [-0.25, -0.2) is 17.2 Å². The standard InChI is InChI=1S/C16H21F2NO3S/c1-16(17,18)12-9-7-11(8-10-12)15(20)19-13-5-3-4-6-14(13)23(2,21)22/h7-10,13-14H,3-6H2,1-2H3,(H,19,20)/t13-,14-/m1/s1. The van der Waals surface area contributed by atoms with E-state index < -0.39 is 33.0 Å². The maximum absolute atomic E-state index is 13.2. The Morgan fingerprint density at radius 3 is 2.26 bits per heavy atom. The normalized spacial score (nSPS) is 22.6. The van der Waals surface area contributed by atoms with Crippen molar-refractivity contribution in [3.63, 3.8) is 0 Å². The van der Waals surface area contributed by atoms with Crippen molar-refractivity contribution in [1.82, 2.24) is 5.32 Å². The second kappa shape index (κ2) is 6.55. The average Bonchev–Trinajstić information content (AvgIpc) is 2.46. The largest absolute Gasteiger partial charge is 0.348 e. The molecule has 1 aromatic rings. The van der Waals surface area contributed by atoms with Crippen LogP contribution in [-0.4, -0.2) is 31.9 Å². The smallest absolute Gasteiger partial charge is 0.270 e. The second-order valence-corrected chi connectivity index (χ2v) is 8.46. The van der Waals surface area contributed by atoms with Crippen LogP contribution in [0.1, 0.15) is 48.5 Å². The van der Waals surface area contributed by atoms with Crippen molar-refractivity contribution in [3.05, 3.63) is 35.4 Å². The fourth-order valence-electron chi connectivity index (χ4n) is 2.94. The number of rotatable bonds is 4. The molecule has 0 unspecified atom stereocenters. The topological polar surface area (TPSA) is 63.2 Å². The highest BCUT2D eigenvalue weighted by molar-refractivity contribution is 7.91. The molecule has 1 N–H and O–H groups in total. The summed E-state index contributed by atoms with van der Waals surface area (Å²) in [4.78, 5) is 12.3. The maximum Gasteiger partial charge on any atom is 0.270 e. The van der Waals surface area contributed by atoms with Crippen molar-refractivity contribution >= 4 is 15.7 Å². The molecule has 0 saturated heterocycles. The molecule has 4 nitrogen and oxygen atoms in total. The zero-order chi connectivity index (χ0) is 17.3. The number of sulfone groups is 1. The Kier molecular flexibility index (Phi) is 5.08. The van der Waals surface area contributed by atoms with Crippen molar-refractivity contribution < 1.29 is 22.0 Å². The number of nitrogens with one attached hydrogen (secondary N) is 1. The van der Waals surface area contributed by atoms with E-state index in [1.54, 1.807) is 0 Å². The molecule has 2 rings (SSSR count). The van der Waals surface area contributed by atoms with Crippen LogP contribution in [0.2, 0.25) is 0 Å². The van der Waals surface area contributed by atoms with Crippen LogP contribution in [0.25, 0.3) is 0 Å². The van der Waals surface area contributed by atoms with Crippen LogP contribution in [0.3, 0.4) is 0 Å². The highest BCUT2D eigenvalue weighted by atomic mass is 32.2. The number of hydrogen-bond acceptors (Lipinski definition) is 3. The van der Waals surface area contributed by atoms with Crippen LogP contribution < -0.4 is 5.32 Å². The number of benzene rings is 1. The number of alkyl halides is 2. The molecular formula is C16H21F2NO3S. The highest BCUT2D eigenvalue weighted by Gasteiger charge is 2.34. The van der Waals surface area contributed by atoms with Gasteiger partial charge in [0.25, 0.3) is 11.8 Å². The van der Waals surface area contributed by atoms with Crippen LogP contribution in [0.4, 0.5) is 8.78 Å². The lowest BCUT2D eigenvalue weighted by Gasteiger charge is -2.30. The SMILES string of the molecule is CC(F)(F)c1ccc(C(=O)N[C@@H]2CCCC[C@H]2S(C)(=O)=O)cc1. The molecule has 1 saturated carbocycles. The minimum atomic E-state index is -3.24. The van der Waals surface area contributed by atoms with Gasteiger partial charge in [-0.3, -0.25) is 4.79 Å². The Morgan fingerprint density at radius 2 is 1.74 bits per heavy atom. The van der Waals surface area contributed by atoms with E-state index in [2.05, 4.69) is 5.32 Å². The Balaban J connectivity index is 2.11. The van der Waals surface area contributed by atoms with Gasteiger partial charge in [-0.15, -0.1) is 0 Å². The molecule has 2 atom stereocenters. The van der Waals surface area contributed by atoms with E-state index >= 15 is 0 Å². The molecule has 0 spiro atoms. The predicted octanol–water partition coefficient (Wildman–Crippen LogP) is 2.88. The first-order chi connectivity index (χ1) is 10.6. The molecule has 7 heteroatoms. The maximum atomic E-state index is 13.2. The van der Waals surface area contributed by atoms with Gasteiger partial charge in [-0.2, -0.15) is 0 Å². The lowest BCUT2D eigenvalue weighted by atomic mass is 9.94. The number of carbonyl (C=O) groups excluding carboxylic acids is 1. The first kappa shape index (κ1) is 17.8. The Hall–Kier alpha value is -1.50. The zero-order valence-electron chi connectivity index (χ0n) is 13.2. The monoisotopic (exact) mass is 345 g/mol. The fraction of sp³-hybridized carbons (Fsp3) is 0.562. The van der Waals surface area contributed by atoms with Gasteiger partial charge in [-0.1, -0.05) is 25.0 Å². The van der Waals surface area contributed by atoms with Gasteiger partial charge in [-0.05, 0) is 25.0 Å².